The zero-order valence-corrected chi connectivity index (χ0v) is 14.3. The smallest absolute Gasteiger partial charge is 0.226 e. The van der Waals surface area contributed by atoms with Crippen molar-refractivity contribution in [2.75, 3.05) is 31.1 Å². The molecular weight excluding hydrogens is 320 g/mol. The van der Waals surface area contributed by atoms with Gasteiger partial charge in [-0.05, 0) is 42.2 Å². The molecule has 2 aromatic rings. The van der Waals surface area contributed by atoms with Crippen LogP contribution in [-0.2, 0) is 4.79 Å². The molecule has 0 N–H and O–H groups in total. The van der Waals surface area contributed by atoms with Crippen LogP contribution >= 0.6 is 11.6 Å². The third-order valence-electron chi connectivity index (χ3n) is 5.12. The molecule has 124 valence electrons. The van der Waals surface area contributed by atoms with Gasteiger partial charge >= 0.3 is 0 Å². The first-order valence-corrected chi connectivity index (χ1v) is 8.94. The molecule has 2 atom stereocenters. The van der Waals surface area contributed by atoms with Crippen molar-refractivity contribution < 1.29 is 4.79 Å². The molecule has 3 nitrogen and oxygen atoms in total. The normalized spacial score (nSPS) is 23.2. The fourth-order valence-corrected chi connectivity index (χ4v) is 3.73. The van der Waals surface area contributed by atoms with Crippen LogP contribution < -0.4 is 4.90 Å². The van der Waals surface area contributed by atoms with E-state index in [1.165, 1.54) is 11.3 Å². The third kappa shape index (κ3) is 3.13. The summed E-state index contributed by atoms with van der Waals surface area (Å²) < 4.78 is 0. The minimum absolute atomic E-state index is 0.189. The van der Waals surface area contributed by atoms with Gasteiger partial charge < -0.3 is 9.80 Å². The summed E-state index contributed by atoms with van der Waals surface area (Å²) in [5, 5.41) is 0.758. The van der Waals surface area contributed by atoms with Crippen molar-refractivity contribution in [2.45, 2.75) is 12.3 Å². The van der Waals surface area contributed by atoms with E-state index in [1.807, 2.05) is 35.2 Å². The van der Waals surface area contributed by atoms with Crippen LogP contribution in [0.2, 0.25) is 5.02 Å². The van der Waals surface area contributed by atoms with Gasteiger partial charge in [0.25, 0.3) is 0 Å². The van der Waals surface area contributed by atoms with Gasteiger partial charge in [-0.2, -0.15) is 0 Å². The lowest BCUT2D eigenvalue weighted by Crippen LogP contribution is -2.49. The number of benzene rings is 2. The fourth-order valence-electron chi connectivity index (χ4n) is 3.61. The number of carbonyl (C=O) groups excluding carboxylic acids is 1. The van der Waals surface area contributed by atoms with Crippen LogP contribution in [0, 0.1) is 5.92 Å². The number of anilines is 1. The molecule has 2 fully saturated rings. The lowest BCUT2D eigenvalue weighted by atomic mass is 10.1. The molecule has 4 heteroatoms. The van der Waals surface area contributed by atoms with Gasteiger partial charge in [0.2, 0.25) is 5.91 Å². The van der Waals surface area contributed by atoms with Crippen molar-refractivity contribution >= 4 is 23.2 Å². The predicted molar refractivity (Wildman–Crippen MR) is 97.5 cm³/mol. The zero-order valence-electron chi connectivity index (χ0n) is 13.6. The highest BCUT2D eigenvalue weighted by Gasteiger charge is 2.45. The van der Waals surface area contributed by atoms with Gasteiger partial charge in [-0.25, -0.2) is 0 Å². The highest BCUT2D eigenvalue weighted by Crippen LogP contribution is 2.48. The van der Waals surface area contributed by atoms with Crippen LogP contribution in [0.25, 0.3) is 0 Å². The number of amides is 1. The molecule has 1 saturated heterocycles. The summed E-state index contributed by atoms with van der Waals surface area (Å²) in [6.07, 6.45) is 1.00. The van der Waals surface area contributed by atoms with Crippen molar-refractivity contribution in [3.63, 3.8) is 0 Å². The maximum Gasteiger partial charge on any atom is 0.226 e. The first-order chi connectivity index (χ1) is 11.7. The van der Waals surface area contributed by atoms with E-state index >= 15 is 0 Å². The molecule has 0 spiro atoms. The molecule has 1 heterocycles. The average Bonchev–Trinajstić information content (AvgIpc) is 3.43. The van der Waals surface area contributed by atoms with E-state index in [4.69, 9.17) is 11.6 Å². The summed E-state index contributed by atoms with van der Waals surface area (Å²) in [6.45, 7) is 3.38. The molecule has 1 aliphatic heterocycles. The third-order valence-corrected chi connectivity index (χ3v) is 5.37. The van der Waals surface area contributed by atoms with Crippen molar-refractivity contribution in [1.29, 1.82) is 0 Å². The van der Waals surface area contributed by atoms with Crippen LogP contribution in [0.4, 0.5) is 5.69 Å². The summed E-state index contributed by atoms with van der Waals surface area (Å²) in [4.78, 5) is 17.1. The Morgan fingerprint density at radius 1 is 0.917 bits per heavy atom. The number of hydrogen-bond donors (Lipinski definition) is 0. The fraction of sp³-hybridized carbons (Fsp3) is 0.350. The molecule has 1 aliphatic carbocycles. The van der Waals surface area contributed by atoms with E-state index in [1.54, 1.807) is 0 Å². The first kappa shape index (κ1) is 15.5. The number of carbonyl (C=O) groups is 1. The van der Waals surface area contributed by atoms with Crippen LogP contribution in [0.1, 0.15) is 17.9 Å². The molecule has 0 radical (unpaired) electrons. The van der Waals surface area contributed by atoms with Crippen LogP contribution in [0.3, 0.4) is 0 Å². The van der Waals surface area contributed by atoms with E-state index in [2.05, 4.69) is 29.2 Å². The number of hydrogen-bond acceptors (Lipinski definition) is 2. The SMILES string of the molecule is O=C(C1CC1c1ccccc1)N1CCN(c2ccc(Cl)cc2)CC1. The van der Waals surface area contributed by atoms with E-state index < -0.39 is 0 Å². The van der Waals surface area contributed by atoms with E-state index in [9.17, 15) is 4.79 Å². The second-order valence-corrected chi connectivity index (χ2v) is 7.08. The Kier molecular flexibility index (Phi) is 4.19. The summed E-state index contributed by atoms with van der Waals surface area (Å²) in [5.41, 5.74) is 2.48. The van der Waals surface area contributed by atoms with Gasteiger partial charge in [0.1, 0.15) is 0 Å². The monoisotopic (exact) mass is 340 g/mol. The predicted octanol–water partition coefficient (Wildman–Crippen LogP) is 3.79. The molecule has 0 aromatic heterocycles. The van der Waals surface area contributed by atoms with Crippen LogP contribution in [0.15, 0.2) is 54.6 Å². The number of piperazine rings is 1. The topological polar surface area (TPSA) is 23.6 Å². The number of rotatable bonds is 3. The molecule has 1 amide bonds. The Morgan fingerprint density at radius 3 is 2.25 bits per heavy atom. The quantitative estimate of drug-likeness (QED) is 0.848. The molecule has 1 saturated carbocycles. The highest BCUT2D eigenvalue weighted by molar-refractivity contribution is 6.30. The Balaban J connectivity index is 1.33. The second kappa shape index (κ2) is 6.48. The molecule has 24 heavy (non-hydrogen) atoms. The molecule has 4 rings (SSSR count). The maximum atomic E-state index is 12.7. The van der Waals surface area contributed by atoms with E-state index in [0.29, 0.717) is 11.8 Å². The molecule has 2 aromatic carbocycles. The van der Waals surface area contributed by atoms with Gasteiger partial charge in [-0.15, -0.1) is 0 Å². The summed E-state index contributed by atoms with van der Waals surface area (Å²) >= 11 is 5.95. The molecule has 2 aliphatic rings. The largest absolute Gasteiger partial charge is 0.368 e. The van der Waals surface area contributed by atoms with Crippen molar-refractivity contribution in [3.8, 4) is 0 Å². The van der Waals surface area contributed by atoms with Crippen LogP contribution in [0.5, 0.6) is 0 Å². The van der Waals surface area contributed by atoms with E-state index in [-0.39, 0.29) is 5.92 Å². The standard InChI is InChI=1S/C20H21ClN2O/c21-16-6-8-17(9-7-16)22-10-12-23(13-11-22)20(24)19-14-18(19)15-4-2-1-3-5-15/h1-9,18-19H,10-14H2. The Bertz CT molecular complexity index is 708. The van der Waals surface area contributed by atoms with Crippen molar-refractivity contribution in [3.05, 3.63) is 65.2 Å². The summed E-state index contributed by atoms with van der Waals surface area (Å²) in [6, 6.07) is 18.3. The molecule has 0 bridgehead atoms. The summed E-state index contributed by atoms with van der Waals surface area (Å²) in [7, 11) is 0. The van der Waals surface area contributed by atoms with Gasteiger partial charge in [-0.3, -0.25) is 4.79 Å². The van der Waals surface area contributed by atoms with E-state index in [0.717, 1.165) is 37.6 Å². The zero-order chi connectivity index (χ0) is 16.5. The summed E-state index contributed by atoms with van der Waals surface area (Å²) in [5.74, 6) is 0.946. The average molecular weight is 341 g/mol. The van der Waals surface area contributed by atoms with Crippen molar-refractivity contribution in [2.24, 2.45) is 5.92 Å². The molecular formula is C20H21ClN2O. The first-order valence-electron chi connectivity index (χ1n) is 8.56. The lowest BCUT2D eigenvalue weighted by molar-refractivity contribution is -0.132. The van der Waals surface area contributed by atoms with Crippen molar-refractivity contribution in [1.82, 2.24) is 4.90 Å². The minimum Gasteiger partial charge on any atom is -0.368 e. The van der Waals surface area contributed by atoms with Gasteiger partial charge in [0, 0.05) is 42.8 Å². The van der Waals surface area contributed by atoms with Gasteiger partial charge in [-0.1, -0.05) is 41.9 Å². The Hall–Kier alpha value is -2.00. The van der Waals surface area contributed by atoms with Gasteiger partial charge in [0.05, 0.1) is 0 Å². The number of nitrogens with zero attached hydrogens (tertiary/aromatic N) is 2. The van der Waals surface area contributed by atoms with Gasteiger partial charge in [0.15, 0.2) is 0 Å². The number of halogens is 1. The Labute approximate surface area is 147 Å². The minimum atomic E-state index is 0.189. The molecule has 2 unspecified atom stereocenters. The highest BCUT2D eigenvalue weighted by atomic mass is 35.5. The Morgan fingerprint density at radius 2 is 1.58 bits per heavy atom. The lowest BCUT2D eigenvalue weighted by Gasteiger charge is -2.36. The van der Waals surface area contributed by atoms with Crippen LogP contribution in [-0.4, -0.2) is 37.0 Å². The second-order valence-electron chi connectivity index (χ2n) is 6.65. The maximum absolute atomic E-state index is 12.7.